The third kappa shape index (κ3) is 2.57. The lowest BCUT2D eigenvalue weighted by Crippen LogP contribution is -2.39. The van der Waals surface area contributed by atoms with Crippen molar-refractivity contribution >= 4 is 5.91 Å². The fourth-order valence-electron chi connectivity index (χ4n) is 3.22. The van der Waals surface area contributed by atoms with Gasteiger partial charge in [0.25, 0.3) is 0 Å². The zero-order valence-corrected chi connectivity index (χ0v) is 10.2. The Balaban J connectivity index is 1.82. The summed E-state index contributed by atoms with van der Waals surface area (Å²) >= 11 is 0. The number of β-amino-alcohol motifs (C(OH)–C–C–N with tert-alkyl or cyclic N) is 1. The van der Waals surface area contributed by atoms with Gasteiger partial charge in [0.1, 0.15) is 0 Å². The SMILES string of the molecule is CCCC1CCC(N2CC(O)CC2=O)CC1. The summed E-state index contributed by atoms with van der Waals surface area (Å²) in [4.78, 5) is 13.6. The van der Waals surface area contributed by atoms with E-state index in [-0.39, 0.29) is 5.91 Å². The Morgan fingerprint density at radius 2 is 2.00 bits per heavy atom. The van der Waals surface area contributed by atoms with Gasteiger partial charge in [-0.15, -0.1) is 0 Å². The van der Waals surface area contributed by atoms with Gasteiger partial charge in [0.15, 0.2) is 0 Å². The third-order valence-electron chi connectivity index (χ3n) is 4.09. The molecule has 2 rings (SSSR count). The van der Waals surface area contributed by atoms with Gasteiger partial charge in [-0.2, -0.15) is 0 Å². The molecule has 1 aliphatic heterocycles. The number of hydrogen-bond acceptors (Lipinski definition) is 2. The first-order valence-electron chi connectivity index (χ1n) is 6.68. The second-order valence-corrected chi connectivity index (χ2v) is 5.37. The maximum Gasteiger partial charge on any atom is 0.225 e. The van der Waals surface area contributed by atoms with Crippen molar-refractivity contribution in [3.05, 3.63) is 0 Å². The predicted molar refractivity (Wildman–Crippen MR) is 63.0 cm³/mol. The maximum absolute atomic E-state index is 11.7. The molecule has 1 heterocycles. The first-order chi connectivity index (χ1) is 7.70. The second kappa shape index (κ2) is 5.17. The van der Waals surface area contributed by atoms with Gasteiger partial charge in [-0.25, -0.2) is 0 Å². The molecular weight excluding hydrogens is 202 g/mol. The van der Waals surface area contributed by atoms with Crippen LogP contribution in [0.5, 0.6) is 0 Å². The van der Waals surface area contributed by atoms with Crippen molar-refractivity contribution in [2.45, 2.75) is 64.0 Å². The fraction of sp³-hybridized carbons (Fsp3) is 0.923. The van der Waals surface area contributed by atoms with Crippen LogP contribution < -0.4 is 0 Å². The molecule has 0 aromatic rings. The highest BCUT2D eigenvalue weighted by atomic mass is 16.3. The van der Waals surface area contributed by atoms with Gasteiger partial charge in [-0.05, 0) is 31.6 Å². The van der Waals surface area contributed by atoms with Crippen molar-refractivity contribution in [1.82, 2.24) is 4.90 Å². The van der Waals surface area contributed by atoms with E-state index < -0.39 is 6.10 Å². The molecule has 3 nitrogen and oxygen atoms in total. The highest BCUT2D eigenvalue weighted by Gasteiger charge is 2.34. The van der Waals surface area contributed by atoms with Crippen LogP contribution in [0.1, 0.15) is 51.9 Å². The van der Waals surface area contributed by atoms with Gasteiger partial charge < -0.3 is 10.0 Å². The van der Waals surface area contributed by atoms with Gasteiger partial charge >= 0.3 is 0 Å². The largest absolute Gasteiger partial charge is 0.391 e. The second-order valence-electron chi connectivity index (χ2n) is 5.37. The molecule has 0 radical (unpaired) electrons. The first kappa shape index (κ1) is 11.9. The number of nitrogens with zero attached hydrogens (tertiary/aromatic N) is 1. The normalized spacial score (nSPS) is 35.8. The number of amides is 1. The molecule has 2 fully saturated rings. The molecule has 1 unspecified atom stereocenters. The number of carbonyl (C=O) groups is 1. The number of aliphatic hydroxyl groups excluding tert-OH is 1. The Morgan fingerprint density at radius 1 is 1.31 bits per heavy atom. The smallest absolute Gasteiger partial charge is 0.225 e. The minimum Gasteiger partial charge on any atom is -0.391 e. The molecule has 2 aliphatic rings. The van der Waals surface area contributed by atoms with Crippen LogP contribution in [0, 0.1) is 5.92 Å². The van der Waals surface area contributed by atoms with E-state index in [2.05, 4.69) is 6.92 Å². The van der Waals surface area contributed by atoms with Crippen LogP contribution in [0.2, 0.25) is 0 Å². The Bertz CT molecular complexity index is 246. The van der Waals surface area contributed by atoms with Crippen molar-refractivity contribution in [3.63, 3.8) is 0 Å². The maximum atomic E-state index is 11.7. The summed E-state index contributed by atoms with van der Waals surface area (Å²) in [5.74, 6) is 1.04. The van der Waals surface area contributed by atoms with Crippen molar-refractivity contribution in [1.29, 1.82) is 0 Å². The fourth-order valence-corrected chi connectivity index (χ4v) is 3.22. The monoisotopic (exact) mass is 225 g/mol. The van der Waals surface area contributed by atoms with E-state index >= 15 is 0 Å². The highest BCUT2D eigenvalue weighted by molar-refractivity contribution is 5.79. The van der Waals surface area contributed by atoms with Gasteiger partial charge in [0.05, 0.1) is 12.5 Å². The van der Waals surface area contributed by atoms with E-state index in [4.69, 9.17) is 0 Å². The van der Waals surface area contributed by atoms with Crippen LogP contribution >= 0.6 is 0 Å². The zero-order chi connectivity index (χ0) is 11.5. The van der Waals surface area contributed by atoms with Crippen LogP contribution in [0.15, 0.2) is 0 Å². The highest BCUT2D eigenvalue weighted by Crippen LogP contribution is 2.32. The lowest BCUT2D eigenvalue weighted by atomic mass is 9.83. The summed E-state index contributed by atoms with van der Waals surface area (Å²) in [7, 11) is 0. The van der Waals surface area contributed by atoms with Crippen LogP contribution in [0.3, 0.4) is 0 Å². The number of likely N-dealkylation sites (tertiary alicyclic amines) is 1. The number of carbonyl (C=O) groups excluding carboxylic acids is 1. The summed E-state index contributed by atoms with van der Waals surface area (Å²) in [6.07, 6.45) is 7.35. The summed E-state index contributed by atoms with van der Waals surface area (Å²) in [5.41, 5.74) is 0. The van der Waals surface area contributed by atoms with Crippen LogP contribution in [-0.4, -0.2) is 34.6 Å². The zero-order valence-electron chi connectivity index (χ0n) is 10.2. The lowest BCUT2D eigenvalue weighted by Gasteiger charge is -2.34. The summed E-state index contributed by atoms with van der Waals surface area (Å²) in [6, 6.07) is 0.415. The molecule has 16 heavy (non-hydrogen) atoms. The topological polar surface area (TPSA) is 40.5 Å². The van der Waals surface area contributed by atoms with Crippen molar-refractivity contribution in [3.8, 4) is 0 Å². The molecular formula is C13H23NO2. The molecule has 92 valence electrons. The van der Waals surface area contributed by atoms with E-state index in [0.717, 1.165) is 18.8 Å². The van der Waals surface area contributed by atoms with Crippen LogP contribution in [0.25, 0.3) is 0 Å². The average Bonchev–Trinajstić information content (AvgIpc) is 2.59. The van der Waals surface area contributed by atoms with E-state index in [0.29, 0.717) is 19.0 Å². The number of rotatable bonds is 3. The predicted octanol–water partition coefficient (Wildman–Crippen LogP) is 1.94. The van der Waals surface area contributed by atoms with Crippen molar-refractivity contribution in [2.75, 3.05) is 6.54 Å². The van der Waals surface area contributed by atoms with E-state index in [9.17, 15) is 9.90 Å². The minimum absolute atomic E-state index is 0.159. The molecule has 1 saturated heterocycles. The van der Waals surface area contributed by atoms with E-state index in [1.165, 1.54) is 25.7 Å². The Morgan fingerprint density at radius 3 is 2.50 bits per heavy atom. The van der Waals surface area contributed by atoms with E-state index in [1.807, 2.05) is 4.90 Å². The molecule has 0 aromatic carbocycles. The molecule has 1 amide bonds. The Kier molecular flexibility index (Phi) is 3.85. The molecule has 1 aliphatic carbocycles. The average molecular weight is 225 g/mol. The first-order valence-corrected chi connectivity index (χ1v) is 6.68. The molecule has 0 spiro atoms. The van der Waals surface area contributed by atoms with E-state index in [1.54, 1.807) is 0 Å². The lowest BCUT2D eigenvalue weighted by molar-refractivity contribution is -0.130. The van der Waals surface area contributed by atoms with Gasteiger partial charge in [0.2, 0.25) is 5.91 Å². The summed E-state index contributed by atoms with van der Waals surface area (Å²) in [5, 5.41) is 9.47. The molecule has 0 aromatic heterocycles. The molecule has 1 saturated carbocycles. The van der Waals surface area contributed by atoms with Gasteiger partial charge in [-0.3, -0.25) is 4.79 Å². The molecule has 0 bridgehead atoms. The number of aliphatic hydroxyl groups is 1. The van der Waals surface area contributed by atoms with Gasteiger partial charge in [0, 0.05) is 12.6 Å². The van der Waals surface area contributed by atoms with Crippen LogP contribution in [0.4, 0.5) is 0 Å². The van der Waals surface area contributed by atoms with Crippen molar-refractivity contribution < 1.29 is 9.90 Å². The molecule has 1 atom stereocenters. The van der Waals surface area contributed by atoms with Crippen LogP contribution in [-0.2, 0) is 4.79 Å². The molecule has 3 heteroatoms. The van der Waals surface area contributed by atoms with Gasteiger partial charge in [-0.1, -0.05) is 19.8 Å². The minimum atomic E-state index is -0.416. The third-order valence-corrected chi connectivity index (χ3v) is 4.09. The molecule has 1 N–H and O–H groups in total. The van der Waals surface area contributed by atoms with Crippen molar-refractivity contribution in [2.24, 2.45) is 5.92 Å². The quantitative estimate of drug-likeness (QED) is 0.797. The standard InChI is InChI=1S/C13H23NO2/c1-2-3-10-4-6-11(7-5-10)14-9-12(15)8-13(14)16/h10-12,15H,2-9H2,1H3. The number of hydrogen-bond donors (Lipinski definition) is 1. The Hall–Kier alpha value is -0.570. The summed E-state index contributed by atoms with van der Waals surface area (Å²) < 4.78 is 0. The Labute approximate surface area is 97.8 Å². The summed E-state index contributed by atoms with van der Waals surface area (Å²) in [6.45, 7) is 2.81.